The van der Waals surface area contributed by atoms with Gasteiger partial charge in [-0.1, -0.05) is 17.7 Å². The number of rotatable bonds is 3. The van der Waals surface area contributed by atoms with Crippen molar-refractivity contribution < 1.29 is 0 Å². The summed E-state index contributed by atoms with van der Waals surface area (Å²) in [5.74, 6) is 0.726. The van der Waals surface area contributed by atoms with E-state index in [-0.39, 0.29) is 0 Å². The quantitative estimate of drug-likeness (QED) is 0.864. The van der Waals surface area contributed by atoms with Crippen LogP contribution in [0, 0.1) is 18.3 Å². The SMILES string of the molecule is Cc1c(CNc2cccc(Cl)n2)cc(C#N)n1C. The summed E-state index contributed by atoms with van der Waals surface area (Å²) in [6, 6.07) is 9.47. The minimum Gasteiger partial charge on any atom is -0.366 e. The van der Waals surface area contributed by atoms with E-state index in [0.29, 0.717) is 17.4 Å². The molecule has 2 aromatic rings. The smallest absolute Gasteiger partial charge is 0.131 e. The molecule has 0 unspecified atom stereocenters. The third-order valence-electron chi connectivity index (χ3n) is 2.93. The van der Waals surface area contributed by atoms with Crippen molar-refractivity contribution in [3.8, 4) is 6.07 Å². The number of nitrogens with one attached hydrogen (secondary N) is 1. The molecule has 0 aliphatic rings. The first kappa shape index (κ1) is 12.5. The first-order valence-electron chi connectivity index (χ1n) is 5.53. The predicted molar refractivity (Wildman–Crippen MR) is 71.4 cm³/mol. The number of nitrogens with zero attached hydrogens (tertiary/aromatic N) is 3. The lowest BCUT2D eigenvalue weighted by molar-refractivity contribution is 0.856. The first-order valence-corrected chi connectivity index (χ1v) is 5.91. The first-order chi connectivity index (χ1) is 8.61. The summed E-state index contributed by atoms with van der Waals surface area (Å²) in [5.41, 5.74) is 2.81. The van der Waals surface area contributed by atoms with Crippen molar-refractivity contribution in [1.29, 1.82) is 5.26 Å². The van der Waals surface area contributed by atoms with Gasteiger partial charge < -0.3 is 9.88 Å². The maximum absolute atomic E-state index is 8.96. The van der Waals surface area contributed by atoms with Crippen LogP contribution in [0.2, 0.25) is 5.15 Å². The van der Waals surface area contributed by atoms with Gasteiger partial charge in [0, 0.05) is 19.3 Å². The van der Waals surface area contributed by atoms with E-state index < -0.39 is 0 Å². The molecule has 0 amide bonds. The van der Waals surface area contributed by atoms with Crippen LogP contribution in [0.3, 0.4) is 0 Å². The molecule has 2 rings (SSSR count). The van der Waals surface area contributed by atoms with Crippen LogP contribution in [-0.4, -0.2) is 9.55 Å². The Labute approximate surface area is 111 Å². The van der Waals surface area contributed by atoms with Crippen LogP contribution in [0.15, 0.2) is 24.3 Å². The van der Waals surface area contributed by atoms with Crippen molar-refractivity contribution in [2.75, 3.05) is 5.32 Å². The molecule has 1 N–H and O–H groups in total. The number of hydrogen-bond donors (Lipinski definition) is 1. The highest BCUT2D eigenvalue weighted by Crippen LogP contribution is 2.16. The molecule has 2 heterocycles. The van der Waals surface area contributed by atoms with Crippen molar-refractivity contribution in [1.82, 2.24) is 9.55 Å². The normalized spacial score (nSPS) is 10.1. The second kappa shape index (κ2) is 5.11. The molecule has 0 atom stereocenters. The molecule has 92 valence electrons. The Kier molecular flexibility index (Phi) is 3.54. The van der Waals surface area contributed by atoms with Gasteiger partial charge in [-0.05, 0) is 30.7 Å². The van der Waals surface area contributed by atoms with E-state index in [9.17, 15) is 0 Å². The fourth-order valence-corrected chi connectivity index (χ4v) is 1.90. The standard InChI is InChI=1S/C13H13ClN4/c1-9-10(6-11(7-15)18(9)2)8-16-13-5-3-4-12(14)17-13/h3-6H,8H2,1-2H3,(H,16,17). The molecule has 18 heavy (non-hydrogen) atoms. The van der Waals surface area contributed by atoms with Crippen LogP contribution in [0.5, 0.6) is 0 Å². The number of pyridine rings is 1. The highest BCUT2D eigenvalue weighted by molar-refractivity contribution is 6.29. The van der Waals surface area contributed by atoms with Gasteiger partial charge >= 0.3 is 0 Å². The van der Waals surface area contributed by atoms with Crippen LogP contribution in [0.1, 0.15) is 17.0 Å². The lowest BCUT2D eigenvalue weighted by Crippen LogP contribution is -2.02. The van der Waals surface area contributed by atoms with Crippen LogP contribution in [0.4, 0.5) is 5.82 Å². The molecule has 0 aromatic carbocycles. The average Bonchev–Trinajstić information content (AvgIpc) is 2.64. The maximum atomic E-state index is 8.96. The molecule has 4 nitrogen and oxygen atoms in total. The Morgan fingerprint density at radius 2 is 2.28 bits per heavy atom. The Morgan fingerprint density at radius 3 is 2.89 bits per heavy atom. The van der Waals surface area contributed by atoms with Gasteiger partial charge in [0.25, 0.3) is 0 Å². The van der Waals surface area contributed by atoms with Crippen LogP contribution >= 0.6 is 11.6 Å². The Balaban J connectivity index is 2.14. The molecule has 5 heteroatoms. The maximum Gasteiger partial charge on any atom is 0.131 e. The number of halogens is 1. The zero-order valence-electron chi connectivity index (χ0n) is 10.2. The monoisotopic (exact) mass is 260 g/mol. The fraction of sp³-hybridized carbons (Fsp3) is 0.231. The molecule has 0 saturated heterocycles. The molecular formula is C13H13ClN4. The predicted octanol–water partition coefficient (Wildman–Crippen LogP) is 2.87. The summed E-state index contributed by atoms with van der Waals surface area (Å²) in [7, 11) is 1.88. The topological polar surface area (TPSA) is 53.6 Å². The van der Waals surface area contributed by atoms with Gasteiger partial charge in [0.2, 0.25) is 0 Å². The lowest BCUT2D eigenvalue weighted by Gasteiger charge is -2.06. The summed E-state index contributed by atoms with van der Waals surface area (Å²) in [5, 5.41) is 12.6. The van der Waals surface area contributed by atoms with Crippen molar-refractivity contribution >= 4 is 17.4 Å². The minimum atomic E-state index is 0.461. The number of anilines is 1. The summed E-state index contributed by atoms with van der Waals surface area (Å²) < 4.78 is 1.88. The molecule has 0 fully saturated rings. The van der Waals surface area contributed by atoms with Gasteiger partial charge in [-0.2, -0.15) is 5.26 Å². The Bertz CT molecular complexity index is 610. The third-order valence-corrected chi connectivity index (χ3v) is 3.14. The fourth-order valence-electron chi connectivity index (χ4n) is 1.74. The molecule has 0 aliphatic carbocycles. The Morgan fingerprint density at radius 1 is 1.50 bits per heavy atom. The van der Waals surface area contributed by atoms with Gasteiger partial charge in [-0.3, -0.25) is 0 Å². The largest absolute Gasteiger partial charge is 0.366 e. The molecule has 2 aromatic heterocycles. The van der Waals surface area contributed by atoms with Crippen molar-refractivity contribution in [2.45, 2.75) is 13.5 Å². The zero-order valence-corrected chi connectivity index (χ0v) is 11.0. The lowest BCUT2D eigenvalue weighted by atomic mass is 10.2. The number of nitriles is 1. The summed E-state index contributed by atoms with van der Waals surface area (Å²) in [6.07, 6.45) is 0. The van der Waals surface area contributed by atoms with Crippen LogP contribution < -0.4 is 5.32 Å². The van der Waals surface area contributed by atoms with E-state index in [2.05, 4.69) is 16.4 Å². The summed E-state index contributed by atoms with van der Waals surface area (Å²) in [4.78, 5) is 4.15. The molecule has 0 radical (unpaired) electrons. The second-order valence-corrected chi connectivity index (χ2v) is 4.40. The average molecular weight is 261 g/mol. The minimum absolute atomic E-state index is 0.461. The van der Waals surface area contributed by atoms with E-state index in [0.717, 1.165) is 17.1 Å². The summed E-state index contributed by atoms with van der Waals surface area (Å²) >= 11 is 5.81. The van der Waals surface area contributed by atoms with Gasteiger partial charge in [0.05, 0.1) is 0 Å². The Hall–Kier alpha value is -1.99. The molecule has 0 saturated carbocycles. The molecule has 0 spiro atoms. The molecule has 0 bridgehead atoms. The van der Waals surface area contributed by atoms with Crippen molar-refractivity contribution in [2.24, 2.45) is 7.05 Å². The van der Waals surface area contributed by atoms with Gasteiger partial charge in [0.15, 0.2) is 0 Å². The molecular weight excluding hydrogens is 248 g/mol. The number of aromatic nitrogens is 2. The van der Waals surface area contributed by atoms with E-state index in [4.69, 9.17) is 16.9 Å². The third kappa shape index (κ3) is 2.47. The van der Waals surface area contributed by atoms with E-state index in [1.807, 2.05) is 36.7 Å². The zero-order chi connectivity index (χ0) is 13.1. The van der Waals surface area contributed by atoms with Gasteiger partial charge in [-0.25, -0.2) is 4.98 Å². The van der Waals surface area contributed by atoms with Gasteiger partial charge in [0.1, 0.15) is 22.7 Å². The van der Waals surface area contributed by atoms with Crippen molar-refractivity contribution in [3.05, 3.63) is 46.4 Å². The van der Waals surface area contributed by atoms with E-state index in [1.54, 1.807) is 6.07 Å². The number of hydrogen-bond acceptors (Lipinski definition) is 3. The van der Waals surface area contributed by atoms with E-state index >= 15 is 0 Å². The van der Waals surface area contributed by atoms with E-state index in [1.165, 1.54) is 0 Å². The van der Waals surface area contributed by atoms with Crippen molar-refractivity contribution in [3.63, 3.8) is 0 Å². The highest BCUT2D eigenvalue weighted by Gasteiger charge is 2.08. The highest BCUT2D eigenvalue weighted by atomic mass is 35.5. The van der Waals surface area contributed by atoms with Crippen LogP contribution in [-0.2, 0) is 13.6 Å². The van der Waals surface area contributed by atoms with Crippen LogP contribution in [0.25, 0.3) is 0 Å². The summed E-state index contributed by atoms with van der Waals surface area (Å²) in [6.45, 7) is 2.61. The second-order valence-electron chi connectivity index (χ2n) is 4.01. The molecule has 0 aliphatic heterocycles. The van der Waals surface area contributed by atoms with Gasteiger partial charge in [-0.15, -0.1) is 0 Å².